The van der Waals surface area contributed by atoms with Gasteiger partial charge in [-0.2, -0.15) is 9.49 Å². The molecule has 1 aromatic carbocycles. The Labute approximate surface area is 211 Å². The van der Waals surface area contributed by atoms with Crippen LogP contribution in [0.4, 0.5) is 10.1 Å². The lowest BCUT2D eigenvalue weighted by atomic mass is 9.96. The molecule has 2 aliphatic rings. The molecule has 1 saturated heterocycles. The van der Waals surface area contributed by atoms with E-state index in [1.165, 1.54) is 10.9 Å². The van der Waals surface area contributed by atoms with Crippen LogP contribution in [0.1, 0.15) is 49.2 Å². The minimum absolute atomic E-state index is 0.0973. The van der Waals surface area contributed by atoms with Crippen LogP contribution < -0.4 is 5.32 Å². The number of nitrogens with one attached hydrogen (secondary N) is 1. The molecular formula is C27H33FN6O2. The maximum absolute atomic E-state index is 14.4. The summed E-state index contributed by atoms with van der Waals surface area (Å²) in [5.41, 5.74) is 3.67. The van der Waals surface area contributed by atoms with E-state index in [1.807, 2.05) is 57.8 Å². The lowest BCUT2D eigenvalue weighted by Gasteiger charge is -2.37. The molecule has 0 spiro atoms. The molecule has 0 bridgehead atoms. The number of hydrazone groups is 1. The number of benzene rings is 1. The largest absolute Gasteiger partial charge is 0.378 e. The number of anilines is 1. The van der Waals surface area contributed by atoms with Gasteiger partial charge in [0.15, 0.2) is 0 Å². The number of amides is 1. The number of aromatic nitrogens is 2. The molecule has 2 aliphatic heterocycles. The molecule has 2 aromatic rings. The summed E-state index contributed by atoms with van der Waals surface area (Å²) < 4.78 is 21.4. The van der Waals surface area contributed by atoms with Gasteiger partial charge in [0.25, 0.3) is 5.91 Å². The molecule has 8 nitrogen and oxygen atoms in total. The molecule has 190 valence electrons. The Balaban J connectivity index is 1.64. The molecule has 1 N–H and O–H groups in total. The smallest absolute Gasteiger partial charge is 0.261 e. The van der Waals surface area contributed by atoms with Gasteiger partial charge in [-0.3, -0.25) is 9.48 Å². The summed E-state index contributed by atoms with van der Waals surface area (Å²) in [7, 11) is 0. The van der Waals surface area contributed by atoms with Gasteiger partial charge in [-0.1, -0.05) is 12.6 Å². The van der Waals surface area contributed by atoms with E-state index in [-0.39, 0.29) is 5.56 Å². The predicted octanol–water partition coefficient (Wildman–Crippen LogP) is 4.73. The molecule has 0 unspecified atom stereocenters. The zero-order valence-electron chi connectivity index (χ0n) is 21.5. The van der Waals surface area contributed by atoms with E-state index in [0.717, 1.165) is 41.3 Å². The second-order valence-electron chi connectivity index (χ2n) is 9.81. The van der Waals surface area contributed by atoms with Crippen molar-refractivity contribution in [1.82, 2.24) is 19.7 Å². The number of rotatable bonds is 5. The van der Waals surface area contributed by atoms with Crippen molar-refractivity contribution in [2.24, 2.45) is 5.10 Å². The summed E-state index contributed by atoms with van der Waals surface area (Å²) in [6.07, 6.45) is 7.22. The Bertz CT molecular complexity index is 1260. The maximum Gasteiger partial charge on any atom is 0.261 e. The van der Waals surface area contributed by atoms with E-state index in [2.05, 4.69) is 33.1 Å². The number of aryl methyl sites for hydroxylation is 1. The molecule has 1 amide bonds. The van der Waals surface area contributed by atoms with Crippen LogP contribution in [0.15, 0.2) is 59.7 Å². The highest BCUT2D eigenvalue weighted by molar-refractivity contribution is 6.04. The standard InChI is InChI=1S/C27H33FN6O2/c1-7-29-34-19(3)14-20(15-24(34)32-10-12-36-13-11-32)22-16-21(9-8-18(22)2)30-26(35)23-17-33(27(4,5)6)31-25(23)28/h7-9,14-17H,3,10-13H2,1-2,4-6H3,(H,30,35)/b29-7-. The lowest BCUT2D eigenvalue weighted by Crippen LogP contribution is -2.41. The first-order valence-corrected chi connectivity index (χ1v) is 12.0. The van der Waals surface area contributed by atoms with Gasteiger partial charge >= 0.3 is 0 Å². The van der Waals surface area contributed by atoms with Crippen LogP contribution in [-0.2, 0) is 10.3 Å². The molecule has 1 aromatic heterocycles. The highest BCUT2D eigenvalue weighted by Crippen LogP contribution is 2.33. The van der Waals surface area contributed by atoms with Crippen molar-refractivity contribution in [3.63, 3.8) is 0 Å². The average molecular weight is 493 g/mol. The van der Waals surface area contributed by atoms with Crippen LogP contribution in [0.5, 0.6) is 0 Å². The number of hydrogen-bond acceptors (Lipinski definition) is 6. The SMILES string of the molecule is C=C1C=C(c2cc(NC(=O)c3cn(C(C)(C)C)nc3F)ccc2C)C=C(N2CCOCC2)N1/N=C\C. The van der Waals surface area contributed by atoms with Crippen molar-refractivity contribution in [3.8, 4) is 0 Å². The van der Waals surface area contributed by atoms with Crippen LogP contribution in [0, 0.1) is 12.9 Å². The zero-order valence-corrected chi connectivity index (χ0v) is 21.5. The number of nitrogens with zero attached hydrogens (tertiary/aromatic N) is 5. The molecule has 1 fully saturated rings. The van der Waals surface area contributed by atoms with Gasteiger partial charge in [0.2, 0.25) is 5.95 Å². The number of carbonyl (C=O) groups excluding carboxylic acids is 1. The Morgan fingerprint density at radius 2 is 1.97 bits per heavy atom. The summed E-state index contributed by atoms with van der Waals surface area (Å²) in [6, 6.07) is 5.63. The fourth-order valence-electron chi connectivity index (χ4n) is 4.11. The van der Waals surface area contributed by atoms with Crippen molar-refractivity contribution in [2.45, 2.75) is 40.2 Å². The molecule has 9 heteroatoms. The number of ether oxygens (including phenoxy) is 1. The number of halogens is 1. The van der Waals surface area contributed by atoms with Crippen LogP contribution >= 0.6 is 0 Å². The van der Waals surface area contributed by atoms with Crippen molar-refractivity contribution in [2.75, 3.05) is 31.6 Å². The predicted molar refractivity (Wildman–Crippen MR) is 140 cm³/mol. The summed E-state index contributed by atoms with van der Waals surface area (Å²) in [5.74, 6) is -0.423. The van der Waals surface area contributed by atoms with E-state index in [0.29, 0.717) is 18.9 Å². The molecule has 0 aliphatic carbocycles. The highest BCUT2D eigenvalue weighted by atomic mass is 19.1. The Morgan fingerprint density at radius 1 is 1.25 bits per heavy atom. The Hall–Kier alpha value is -3.72. The minimum Gasteiger partial charge on any atom is -0.378 e. The molecule has 0 saturated carbocycles. The third-order valence-corrected chi connectivity index (χ3v) is 6.07. The van der Waals surface area contributed by atoms with Crippen LogP contribution in [0.2, 0.25) is 0 Å². The summed E-state index contributed by atoms with van der Waals surface area (Å²) in [4.78, 5) is 15.1. The van der Waals surface area contributed by atoms with E-state index in [1.54, 1.807) is 12.3 Å². The zero-order chi connectivity index (χ0) is 26.0. The van der Waals surface area contributed by atoms with Gasteiger partial charge in [-0.05, 0) is 75.6 Å². The first kappa shape index (κ1) is 25.4. The van der Waals surface area contributed by atoms with Gasteiger partial charge in [0.05, 0.1) is 24.4 Å². The van der Waals surface area contributed by atoms with Crippen molar-refractivity contribution < 1.29 is 13.9 Å². The first-order valence-electron chi connectivity index (χ1n) is 12.0. The third-order valence-electron chi connectivity index (χ3n) is 6.07. The molecular weight excluding hydrogens is 459 g/mol. The molecule has 4 rings (SSSR count). The van der Waals surface area contributed by atoms with Crippen LogP contribution in [-0.4, -0.2) is 58.1 Å². The molecule has 36 heavy (non-hydrogen) atoms. The van der Waals surface area contributed by atoms with Crippen LogP contribution in [0.25, 0.3) is 5.57 Å². The summed E-state index contributed by atoms with van der Waals surface area (Å²) >= 11 is 0. The molecule has 0 radical (unpaired) electrons. The van der Waals surface area contributed by atoms with Crippen molar-refractivity contribution >= 4 is 23.4 Å². The topological polar surface area (TPSA) is 75.0 Å². The van der Waals surface area contributed by atoms with Crippen molar-refractivity contribution in [1.29, 1.82) is 0 Å². The first-order chi connectivity index (χ1) is 17.1. The van der Waals surface area contributed by atoms with E-state index in [4.69, 9.17) is 4.74 Å². The Kier molecular flexibility index (Phi) is 7.12. The normalized spacial score (nSPS) is 16.9. The molecule has 0 atom stereocenters. The van der Waals surface area contributed by atoms with E-state index >= 15 is 0 Å². The second-order valence-corrected chi connectivity index (χ2v) is 9.81. The highest BCUT2D eigenvalue weighted by Gasteiger charge is 2.26. The van der Waals surface area contributed by atoms with Gasteiger partial charge in [0, 0.05) is 31.2 Å². The number of carbonyl (C=O) groups is 1. The van der Waals surface area contributed by atoms with Gasteiger partial charge in [0.1, 0.15) is 11.4 Å². The maximum atomic E-state index is 14.4. The van der Waals surface area contributed by atoms with Crippen LogP contribution in [0.3, 0.4) is 0 Å². The van der Waals surface area contributed by atoms with E-state index < -0.39 is 17.4 Å². The van der Waals surface area contributed by atoms with Gasteiger partial charge < -0.3 is 15.0 Å². The molecule has 3 heterocycles. The second kappa shape index (κ2) is 10.1. The summed E-state index contributed by atoms with van der Waals surface area (Å²) in [5, 5.41) is 13.0. The monoisotopic (exact) mass is 492 g/mol. The third kappa shape index (κ3) is 5.26. The quantitative estimate of drug-likeness (QED) is 0.611. The number of morpholine rings is 1. The van der Waals surface area contributed by atoms with E-state index in [9.17, 15) is 9.18 Å². The summed E-state index contributed by atoms with van der Waals surface area (Å²) in [6.45, 7) is 16.6. The van der Waals surface area contributed by atoms with Gasteiger partial charge in [-0.15, -0.1) is 5.10 Å². The fourth-order valence-corrected chi connectivity index (χ4v) is 4.11. The average Bonchev–Trinajstić information content (AvgIpc) is 3.24. The number of allylic oxidation sites excluding steroid dienone is 3. The number of hydrogen-bond donors (Lipinski definition) is 1. The van der Waals surface area contributed by atoms with Crippen molar-refractivity contribution in [3.05, 3.63) is 77.3 Å². The van der Waals surface area contributed by atoms with Gasteiger partial charge in [-0.25, -0.2) is 5.01 Å². The lowest BCUT2D eigenvalue weighted by molar-refractivity contribution is 0.0414. The minimum atomic E-state index is -0.796. The Morgan fingerprint density at radius 3 is 2.61 bits per heavy atom. The fraction of sp³-hybridized carbons (Fsp3) is 0.370.